The van der Waals surface area contributed by atoms with Gasteiger partial charge in [-0.25, -0.2) is 0 Å². The van der Waals surface area contributed by atoms with E-state index in [1.54, 1.807) is 0 Å². The second-order valence-electron chi connectivity index (χ2n) is 5.29. The van der Waals surface area contributed by atoms with E-state index in [-0.39, 0.29) is 0 Å². The Morgan fingerprint density at radius 1 is 1.24 bits per heavy atom. The molecule has 0 bridgehead atoms. The number of benzene rings is 1. The fourth-order valence-electron chi connectivity index (χ4n) is 2.70. The number of aryl methyl sites for hydroxylation is 1. The van der Waals surface area contributed by atoms with Crippen LogP contribution in [0.5, 0.6) is 0 Å². The Balaban J connectivity index is 2.03. The molecule has 1 saturated heterocycles. The number of piperidine rings is 1. The van der Waals surface area contributed by atoms with Crippen LogP contribution in [-0.2, 0) is 0 Å². The van der Waals surface area contributed by atoms with E-state index in [0.717, 1.165) is 5.92 Å². The first-order valence-electron chi connectivity index (χ1n) is 6.66. The molecule has 1 aromatic rings. The number of rotatable bonds is 3. The van der Waals surface area contributed by atoms with Crippen LogP contribution in [0.15, 0.2) is 18.2 Å². The minimum Gasteiger partial charge on any atom is -0.374 e. The van der Waals surface area contributed by atoms with E-state index >= 15 is 0 Å². The highest BCUT2D eigenvalue weighted by Crippen LogP contribution is 2.24. The summed E-state index contributed by atoms with van der Waals surface area (Å²) in [5, 5.41) is 3.43. The smallest absolute Gasteiger partial charge is 0.0396 e. The number of nitrogens with zero attached hydrogens (tertiary/aromatic N) is 1. The van der Waals surface area contributed by atoms with E-state index in [0.29, 0.717) is 0 Å². The summed E-state index contributed by atoms with van der Waals surface area (Å²) in [5.41, 5.74) is 4.20. The van der Waals surface area contributed by atoms with Crippen LogP contribution in [-0.4, -0.2) is 26.7 Å². The van der Waals surface area contributed by atoms with Crippen LogP contribution >= 0.6 is 0 Å². The zero-order valence-corrected chi connectivity index (χ0v) is 11.3. The van der Waals surface area contributed by atoms with Gasteiger partial charge in [0.25, 0.3) is 0 Å². The van der Waals surface area contributed by atoms with Crippen molar-refractivity contribution < 1.29 is 0 Å². The second kappa shape index (κ2) is 5.54. The molecular formula is C15H24N2. The molecule has 1 fully saturated rings. The molecule has 0 radical (unpaired) electrons. The highest BCUT2D eigenvalue weighted by Gasteiger charge is 2.16. The minimum absolute atomic E-state index is 0.848. The molecule has 94 valence electrons. The van der Waals surface area contributed by atoms with Crippen molar-refractivity contribution in [3.05, 3.63) is 29.3 Å². The fourth-order valence-corrected chi connectivity index (χ4v) is 2.70. The van der Waals surface area contributed by atoms with E-state index in [1.807, 2.05) is 0 Å². The average molecular weight is 232 g/mol. The van der Waals surface area contributed by atoms with E-state index < -0.39 is 0 Å². The van der Waals surface area contributed by atoms with Crippen molar-refractivity contribution >= 4 is 5.69 Å². The van der Waals surface area contributed by atoms with Gasteiger partial charge in [0.15, 0.2) is 0 Å². The van der Waals surface area contributed by atoms with E-state index in [1.165, 1.54) is 49.3 Å². The normalized spacial score (nSPS) is 17.1. The Hall–Kier alpha value is -1.02. The molecule has 17 heavy (non-hydrogen) atoms. The molecule has 2 heteroatoms. The number of hydrogen-bond acceptors (Lipinski definition) is 2. The molecule has 0 amide bonds. The first-order valence-corrected chi connectivity index (χ1v) is 6.66. The van der Waals surface area contributed by atoms with E-state index in [4.69, 9.17) is 0 Å². The lowest BCUT2D eigenvalue weighted by atomic mass is 9.97. The molecule has 0 aliphatic carbocycles. The summed E-state index contributed by atoms with van der Waals surface area (Å²) in [6, 6.07) is 6.59. The third kappa shape index (κ3) is 3.01. The first-order chi connectivity index (χ1) is 8.18. The van der Waals surface area contributed by atoms with Crippen molar-refractivity contribution in [3.63, 3.8) is 0 Å². The molecule has 1 aliphatic rings. The second-order valence-corrected chi connectivity index (χ2v) is 5.29. The predicted octanol–water partition coefficient (Wildman–Crippen LogP) is 2.74. The summed E-state index contributed by atoms with van der Waals surface area (Å²) in [7, 11) is 2.23. The SMILES string of the molecule is Cc1cccc(N(C)CC2CCNCC2)c1C. The van der Waals surface area contributed by atoms with Gasteiger partial charge in [-0.1, -0.05) is 12.1 Å². The molecule has 2 nitrogen and oxygen atoms in total. The third-order valence-electron chi connectivity index (χ3n) is 3.98. The van der Waals surface area contributed by atoms with Crippen LogP contribution in [0.2, 0.25) is 0 Å². The molecule has 0 spiro atoms. The lowest BCUT2D eigenvalue weighted by Crippen LogP contribution is -2.34. The van der Waals surface area contributed by atoms with Crippen LogP contribution < -0.4 is 10.2 Å². The van der Waals surface area contributed by atoms with Gasteiger partial charge in [0.1, 0.15) is 0 Å². The summed E-state index contributed by atoms with van der Waals surface area (Å²) in [6.45, 7) is 7.98. The van der Waals surface area contributed by atoms with Gasteiger partial charge in [-0.2, -0.15) is 0 Å². The summed E-state index contributed by atoms with van der Waals surface area (Å²) >= 11 is 0. The molecule has 0 saturated carbocycles. The number of hydrogen-bond donors (Lipinski definition) is 1. The van der Waals surface area contributed by atoms with Crippen molar-refractivity contribution in [2.75, 3.05) is 31.6 Å². The third-order valence-corrected chi connectivity index (χ3v) is 3.98. The fraction of sp³-hybridized carbons (Fsp3) is 0.600. The Bertz CT molecular complexity index is 367. The van der Waals surface area contributed by atoms with Gasteiger partial charge in [0.2, 0.25) is 0 Å². The summed E-state index contributed by atoms with van der Waals surface area (Å²) < 4.78 is 0. The van der Waals surface area contributed by atoms with Crippen LogP contribution in [0, 0.1) is 19.8 Å². The zero-order chi connectivity index (χ0) is 12.3. The highest BCUT2D eigenvalue weighted by atomic mass is 15.1. The molecule has 1 aromatic carbocycles. The van der Waals surface area contributed by atoms with Gasteiger partial charge in [0, 0.05) is 19.3 Å². The largest absolute Gasteiger partial charge is 0.374 e. The molecular weight excluding hydrogens is 208 g/mol. The number of nitrogens with one attached hydrogen (secondary N) is 1. The molecule has 0 aromatic heterocycles. The van der Waals surface area contributed by atoms with Crippen molar-refractivity contribution in [1.29, 1.82) is 0 Å². The highest BCUT2D eigenvalue weighted by molar-refractivity contribution is 5.55. The van der Waals surface area contributed by atoms with Crippen LogP contribution in [0.4, 0.5) is 5.69 Å². The molecule has 1 aliphatic heterocycles. The maximum Gasteiger partial charge on any atom is 0.0396 e. The molecule has 2 rings (SSSR count). The molecule has 1 heterocycles. The van der Waals surface area contributed by atoms with E-state index in [2.05, 4.69) is 49.3 Å². The summed E-state index contributed by atoms with van der Waals surface area (Å²) in [6.07, 6.45) is 2.63. The van der Waals surface area contributed by atoms with Crippen molar-refractivity contribution in [2.24, 2.45) is 5.92 Å². The Kier molecular flexibility index (Phi) is 4.06. The Morgan fingerprint density at radius 2 is 1.94 bits per heavy atom. The van der Waals surface area contributed by atoms with Crippen molar-refractivity contribution in [1.82, 2.24) is 5.32 Å². The van der Waals surface area contributed by atoms with Gasteiger partial charge in [-0.05, 0) is 62.9 Å². The lowest BCUT2D eigenvalue weighted by molar-refractivity contribution is 0.378. The van der Waals surface area contributed by atoms with Gasteiger partial charge in [-0.3, -0.25) is 0 Å². The quantitative estimate of drug-likeness (QED) is 0.862. The molecule has 0 unspecified atom stereocenters. The Morgan fingerprint density at radius 3 is 2.65 bits per heavy atom. The maximum atomic E-state index is 3.43. The topological polar surface area (TPSA) is 15.3 Å². The standard InChI is InChI=1S/C15H24N2/c1-12-5-4-6-15(13(12)2)17(3)11-14-7-9-16-10-8-14/h4-6,14,16H,7-11H2,1-3H3. The average Bonchev–Trinajstić information content (AvgIpc) is 2.34. The van der Waals surface area contributed by atoms with E-state index in [9.17, 15) is 0 Å². The lowest BCUT2D eigenvalue weighted by Gasteiger charge is -2.30. The first kappa shape index (κ1) is 12.4. The zero-order valence-electron chi connectivity index (χ0n) is 11.3. The van der Waals surface area contributed by atoms with Gasteiger partial charge in [-0.15, -0.1) is 0 Å². The van der Waals surface area contributed by atoms with Gasteiger partial charge in [0.05, 0.1) is 0 Å². The van der Waals surface area contributed by atoms with Crippen molar-refractivity contribution in [3.8, 4) is 0 Å². The molecule has 1 N–H and O–H groups in total. The van der Waals surface area contributed by atoms with Crippen LogP contribution in [0.25, 0.3) is 0 Å². The number of anilines is 1. The predicted molar refractivity (Wildman–Crippen MR) is 74.8 cm³/mol. The van der Waals surface area contributed by atoms with Crippen LogP contribution in [0.3, 0.4) is 0 Å². The maximum absolute atomic E-state index is 3.43. The van der Waals surface area contributed by atoms with Crippen molar-refractivity contribution in [2.45, 2.75) is 26.7 Å². The molecule has 0 atom stereocenters. The minimum atomic E-state index is 0.848. The summed E-state index contributed by atoms with van der Waals surface area (Å²) in [4.78, 5) is 2.43. The summed E-state index contributed by atoms with van der Waals surface area (Å²) in [5.74, 6) is 0.848. The van der Waals surface area contributed by atoms with Crippen LogP contribution in [0.1, 0.15) is 24.0 Å². The van der Waals surface area contributed by atoms with Gasteiger partial charge >= 0.3 is 0 Å². The monoisotopic (exact) mass is 232 g/mol. The van der Waals surface area contributed by atoms with Gasteiger partial charge < -0.3 is 10.2 Å². The Labute approximate surface area is 105 Å².